The molecule has 1 N–H and O–H groups in total. The molecule has 0 saturated carbocycles. The molecule has 0 spiro atoms. The van der Waals surface area contributed by atoms with Crippen LogP contribution in [0, 0.1) is 0 Å². The van der Waals surface area contributed by atoms with E-state index >= 15 is 0 Å². The fourth-order valence-electron chi connectivity index (χ4n) is 3.75. The lowest BCUT2D eigenvalue weighted by Crippen LogP contribution is -2.49. The lowest BCUT2D eigenvalue weighted by molar-refractivity contribution is 0.0123. The summed E-state index contributed by atoms with van der Waals surface area (Å²) in [4.78, 5) is 6.57. The number of aliphatic hydroxyl groups is 1. The standard InChI is InChI=1S/C28H38N2O2Si/c1-28(2,3)33(4,5)32-27(25-16-18-29-19-17-25)26(22-31)30(20-23-12-8-6-9-13-23)21-24-14-10-7-11-15-24/h6-19,26-27,31H,20-22H2,1-5H3. The first-order chi connectivity index (χ1) is 15.7. The number of aromatic nitrogens is 1. The summed E-state index contributed by atoms with van der Waals surface area (Å²) in [5.74, 6) is 0. The minimum absolute atomic E-state index is 0.00127. The van der Waals surface area contributed by atoms with Crippen molar-refractivity contribution in [1.82, 2.24) is 9.88 Å². The van der Waals surface area contributed by atoms with Crippen LogP contribution in [0.3, 0.4) is 0 Å². The van der Waals surface area contributed by atoms with Crippen molar-refractivity contribution in [1.29, 1.82) is 0 Å². The number of hydrogen-bond acceptors (Lipinski definition) is 4. The molecule has 0 fully saturated rings. The molecule has 0 saturated heterocycles. The second-order valence-electron chi connectivity index (χ2n) is 10.2. The maximum Gasteiger partial charge on any atom is 0.192 e. The Morgan fingerprint density at radius 3 is 1.76 bits per heavy atom. The molecule has 0 aliphatic heterocycles. The predicted molar refractivity (Wildman–Crippen MR) is 138 cm³/mol. The normalized spacial score (nSPS) is 14.3. The van der Waals surface area contributed by atoms with Crippen LogP contribution in [0.4, 0.5) is 0 Å². The number of pyridine rings is 1. The van der Waals surface area contributed by atoms with Gasteiger partial charge in [0.2, 0.25) is 0 Å². The first kappa shape index (κ1) is 25.3. The van der Waals surface area contributed by atoms with Gasteiger partial charge in [-0.05, 0) is 47.0 Å². The molecule has 0 radical (unpaired) electrons. The maximum atomic E-state index is 10.8. The van der Waals surface area contributed by atoms with E-state index in [0.717, 1.165) is 18.7 Å². The van der Waals surface area contributed by atoms with Gasteiger partial charge in [-0.2, -0.15) is 0 Å². The molecule has 176 valence electrons. The van der Waals surface area contributed by atoms with Gasteiger partial charge in [0.15, 0.2) is 8.32 Å². The summed E-state index contributed by atoms with van der Waals surface area (Å²) in [5.41, 5.74) is 3.49. The Labute approximate surface area is 200 Å². The van der Waals surface area contributed by atoms with E-state index in [2.05, 4.69) is 92.3 Å². The highest BCUT2D eigenvalue weighted by molar-refractivity contribution is 6.74. The van der Waals surface area contributed by atoms with Crippen molar-refractivity contribution in [3.05, 3.63) is 102 Å². The molecule has 2 atom stereocenters. The van der Waals surface area contributed by atoms with Gasteiger partial charge in [0.05, 0.1) is 18.8 Å². The topological polar surface area (TPSA) is 45.6 Å². The van der Waals surface area contributed by atoms with Crippen LogP contribution in [-0.2, 0) is 17.5 Å². The highest BCUT2D eigenvalue weighted by Gasteiger charge is 2.42. The number of benzene rings is 2. The SMILES string of the molecule is CC(C)(C)[Si](C)(C)OC(c1ccncc1)C(CO)N(Cc1ccccc1)Cc1ccccc1. The smallest absolute Gasteiger partial charge is 0.192 e. The van der Waals surface area contributed by atoms with Gasteiger partial charge in [-0.25, -0.2) is 0 Å². The van der Waals surface area contributed by atoms with Crippen molar-refractivity contribution in [2.75, 3.05) is 6.61 Å². The van der Waals surface area contributed by atoms with Crippen LogP contribution in [0.5, 0.6) is 0 Å². The van der Waals surface area contributed by atoms with E-state index in [0.29, 0.717) is 0 Å². The first-order valence-corrected chi connectivity index (χ1v) is 14.6. The second kappa shape index (κ2) is 11.2. The number of aliphatic hydroxyl groups excluding tert-OH is 1. The van der Waals surface area contributed by atoms with Gasteiger partial charge in [0.25, 0.3) is 0 Å². The first-order valence-electron chi connectivity index (χ1n) is 11.7. The Balaban J connectivity index is 2.02. The van der Waals surface area contributed by atoms with Gasteiger partial charge in [-0.1, -0.05) is 81.4 Å². The maximum absolute atomic E-state index is 10.8. The van der Waals surface area contributed by atoms with Crippen LogP contribution in [0.15, 0.2) is 85.2 Å². The Hall–Kier alpha value is -2.31. The third-order valence-electron chi connectivity index (χ3n) is 6.72. The van der Waals surface area contributed by atoms with Crippen LogP contribution < -0.4 is 0 Å². The van der Waals surface area contributed by atoms with Gasteiger partial charge in [-0.15, -0.1) is 0 Å². The molecule has 0 amide bonds. The van der Waals surface area contributed by atoms with Gasteiger partial charge in [-0.3, -0.25) is 9.88 Å². The molecule has 3 aromatic rings. The average Bonchev–Trinajstić information content (AvgIpc) is 2.80. The summed E-state index contributed by atoms with van der Waals surface area (Å²) in [6.45, 7) is 12.8. The lowest BCUT2D eigenvalue weighted by Gasteiger charge is -2.44. The van der Waals surface area contributed by atoms with Crippen LogP contribution >= 0.6 is 0 Å². The molecule has 1 aromatic heterocycles. The van der Waals surface area contributed by atoms with Crippen LogP contribution in [0.1, 0.15) is 43.6 Å². The Kier molecular flexibility index (Phi) is 8.60. The summed E-state index contributed by atoms with van der Waals surface area (Å²) in [7, 11) is -2.12. The molecule has 0 aliphatic rings. The zero-order valence-corrected chi connectivity index (χ0v) is 21.6. The lowest BCUT2D eigenvalue weighted by atomic mass is 10.0. The molecule has 1 heterocycles. The predicted octanol–water partition coefficient (Wildman–Crippen LogP) is 6.21. The summed E-state index contributed by atoms with van der Waals surface area (Å²) in [6, 6.07) is 24.7. The number of nitrogens with zero attached hydrogens (tertiary/aromatic N) is 2. The van der Waals surface area contributed by atoms with Gasteiger partial charge in [0.1, 0.15) is 0 Å². The molecule has 4 nitrogen and oxygen atoms in total. The van der Waals surface area contributed by atoms with E-state index < -0.39 is 8.32 Å². The van der Waals surface area contributed by atoms with E-state index in [1.54, 1.807) is 0 Å². The fraction of sp³-hybridized carbons (Fsp3) is 0.393. The number of hydrogen-bond donors (Lipinski definition) is 1. The zero-order valence-electron chi connectivity index (χ0n) is 20.6. The zero-order chi connectivity index (χ0) is 23.9. The number of rotatable bonds is 10. The minimum atomic E-state index is -2.12. The summed E-state index contributed by atoms with van der Waals surface area (Å²) in [5, 5.41) is 10.8. The van der Waals surface area contributed by atoms with Crippen molar-refractivity contribution in [3.63, 3.8) is 0 Å². The Bertz CT molecular complexity index is 918. The molecule has 0 aliphatic carbocycles. The van der Waals surface area contributed by atoms with Crippen molar-refractivity contribution >= 4 is 8.32 Å². The Morgan fingerprint density at radius 2 is 1.33 bits per heavy atom. The van der Waals surface area contributed by atoms with Gasteiger partial charge < -0.3 is 9.53 Å². The summed E-state index contributed by atoms with van der Waals surface area (Å²) in [6.07, 6.45) is 3.36. The van der Waals surface area contributed by atoms with Crippen LogP contribution in [0.2, 0.25) is 18.1 Å². The fourth-order valence-corrected chi connectivity index (χ4v) is 5.03. The summed E-state index contributed by atoms with van der Waals surface area (Å²) >= 11 is 0. The van der Waals surface area contributed by atoms with E-state index in [1.807, 2.05) is 36.7 Å². The quantitative estimate of drug-likeness (QED) is 0.364. The molecule has 33 heavy (non-hydrogen) atoms. The highest BCUT2D eigenvalue weighted by atomic mass is 28.4. The summed E-state index contributed by atoms with van der Waals surface area (Å²) < 4.78 is 7.01. The molecule has 2 unspecified atom stereocenters. The molecular weight excluding hydrogens is 424 g/mol. The van der Waals surface area contributed by atoms with E-state index in [-0.39, 0.29) is 23.8 Å². The largest absolute Gasteiger partial charge is 0.408 e. The van der Waals surface area contributed by atoms with Gasteiger partial charge >= 0.3 is 0 Å². The monoisotopic (exact) mass is 462 g/mol. The Morgan fingerprint density at radius 1 is 0.848 bits per heavy atom. The van der Waals surface area contributed by atoms with Crippen molar-refractivity contribution in [2.24, 2.45) is 0 Å². The highest BCUT2D eigenvalue weighted by Crippen LogP contribution is 2.41. The molecule has 3 rings (SSSR count). The van der Waals surface area contributed by atoms with Gasteiger partial charge in [0, 0.05) is 25.5 Å². The van der Waals surface area contributed by atoms with E-state index in [1.165, 1.54) is 11.1 Å². The van der Waals surface area contributed by atoms with Crippen molar-refractivity contribution in [2.45, 2.75) is 64.1 Å². The van der Waals surface area contributed by atoms with Crippen LogP contribution in [0.25, 0.3) is 0 Å². The van der Waals surface area contributed by atoms with Crippen molar-refractivity contribution in [3.8, 4) is 0 Å². The minimum Gasteiger partial charge on any atom is -0.408 e. The second-order valence-corrected chi connectivity index (χ2v) is 15.0. The molecule has 2 aromatic carbocycles. The average molecular weight is 463 g/mol. The van der Waals surface area contributed by atoms with E-state index in [4.69, 9.17) is 4.43 Å². The van der Waals surface area contributed by atoms with E-state index in [9.17, 15) is 5.11 Å². The molecule has 0 bridgehead atoms. The third-order valence-corrected chi connectivity index (χ3v) is 11.2. The van der Waals surface area contributed by atoms with Crippen LogP contribution in [-0.4, -0.2) is 36.0 Å². The van der Waals surface area contributed by atoms with Crippen molar-refractivity contribution < 1.29 is 9.53 Å². The molecule has 5 heteroatoms. The third kappa shape index (κ3) is 6.84. The molecular formula is C28H38N2O2Si.